The van der Waals surface area contributed by atoms with Gasteiger partial charge in [-0.15, -0.1) is 0 Å². The molecule has 0 bridgehead atoms. The molecule has 6 nitrogen and oxygen atoms in total. The van der Waals surface area contributed by atoms with E-state index in [4.69, 9.17) is 14.2 Å². The third kappa shape index (κ3) is 6.78. The topological polar surface area (TPSA) is 69.7 Å². The number of benzene rings is 2. The van der Waals surface area contributed by atoms with E-state index in [1.165, 1.54) is 11.1 Å². The first-order chi connectivity index (χ1) is 17.0. The summed E-state index contributed by atoms with van der Waals surface area (Å²) in [5.41, 5.74) is 1.88. The van der Waals surface area contributed by atoms with Crippen LogP contribution in [0.5, 0.6) is 17.2 Å². The van der Waals surface area contributed by atoms with Crippen molar-refractivity contribution in [3.63, 3.8) is 0 Å². The van der Waals surface area contributed by atoms with Crippen molar-refractivity contribution < 1.29 is 19.0 Å². The fourth-order valence-electron chi connectivity index (χ4n) is 4.00. The number of ether oxygens (including phenoxy) is 3. The van der Waals surface area contributed by atoms with Gasteiger partial charge in [0.25, 0.3) is 0 Å². The highest BCUT2D eigenvalue weighted by atomic mass is 79.9. The molecule has 1 aliphatic carbocycles. The maximum atomic E-state index is 11.9. The van der Waals surface area contributed by atoms with Gasteiger partial charge < -0.3 is 19.5 Å². The first-order valence-corrected chi connectivity index (χ1v) is 12.9. The summed E-state index contributed by atoms with van der Waals surface area (Å²) in [6, 6.07) is 20.1. The molecule has 1 aromatic heterocycles. The number of nitrogens with zero attached hydrogens (tertiary/aromatic N) is 1. The number of hydrogen-bond donors (Lipinski definition) is 1. The van der Waals surface area contributed by atoms with Crippen molar-refractivity contribution in [3.8, 4) is 17.2 Å². The lowest BCUT2D eigenvalue weighted by Crippen LogP contribution is -2.46. The van der Waals surface area contributed by atoms with Crippen LogP contribution in [0.1, 0.15) is 58.6 Å². The maximum Gasteiger partial charge on any atom is 0.407 e. The van der Waals surface area contributed by atoms with Crippen molar-refractivity contribution in [1.82, 2.24) is 10.3 Å². The Bertz CT molecular complexity index is 1160. The number of nitrogens with one attached hydrogen (secondary N) is 1. The van der Waals surface area contributed by atoms with Gasteiger partial charge in [-0.2, -0.15) is 0 Å². The Labute approximate surface area is 221 Å². The quantitative estimate of drug-likeness (QED) is 0.309. The molecule has 190 valence electrons. The molecule has 0 radical (unpaired) electrons. The number of hydrogen-bond acceptors (Lipinski definition) is 5. The summed E-state index contributed by atoms with van der Waals surface area (Å²) in [6.07, 6.45) is 2.69. The van der Waals surface area contributed by atoms with Crippen LogP contribution in [-0.2, 0) is 10.2 Å². The van der Waals surface area contributed by atoms with E-state index < -0.39 is 0 Å². The minimum Gasteiger partial charge on any atom is -0.490 e. The zero-order chi connectivity index (χ0) is 25.9. The van der Waals surface area contributed by atoms with Crippen LogP contribution < -0.4 is 14.8 Å². The van der Waals surface area contributed by atoms with Crippen molar-refractivity contribution in [3.05, 3.63) is 82.6 Å². The van der Waals surface area contributed by atoms with E-state index in [0.29, 0.717) is 18.6 Å². The van der Waals surface area contributed by atoms with Crippen LogP contribution in [-0.4, -0.2) is 28.8 Å². The summed E-state index contributed by atoms with van der Waals surface area (Å²) in [5.74, 6) is 2.28. The molecular formula is C29H33BrN2O4. The summed E-state index contributed by atoms with van der Waals surface area (Å²) >= 11 is 3.33. The van der Waals surface area contributed by atoms with Gasteiger partial charge in [-0.1, -0.05) is 38.1 Å². The van der Waals surface area contributed by atoms with E-state index >= 15 is 0 Å². The molecule has 1 N–H and O–H groups in total. The first kappa shape index (κ1) is 26.0. The van der Waals surface area contributed by atoms with Gasteiger partial charge in [0.05, 0.1) is 6.20 Å². The number of pyridine rings is 1. The molecule has 0 aliphatic heterocycles. The Morgan fingerprint density at radius 3 is 1.92 bits per heavy atom. The average molecular weight is 553 g/mol. The SMILES string of the molecule is CC(C)(C)NC(=O)OC1CC(Oc2ccc(C(C)(C)c3ccc(Oc4ccc(Br)nc4)cc3)cc2)C1. The number of amides is 1. The molecule has 0 spiro atoms. The van der Waals surface area contributed by atoms with Gasteiger partial charge in [0, 0.05) is 23.8 Å². The minimum absolute atomic E-state index is 0.0600. The van der Waals surface area contributed by atoms with Gasteiger partial charge >= 0.3 is 6.09 Å². The number of carbonyl (C=O) groups is 1. The fraction of sp³-hybridized carbons (Fsp3) is 0.379. The third-order valence-corrected chi connectivity index (χ3v) is 6.66. The second kappa shape index (κ2) is 10.5. The molecule has 3 aromatic rings. The van der Waals surface area contributed by atoms with E-state index in [1.54, 1.807) is 6.20 Å². The second-order valence-electron chi connectivity index (χ2n) is 10.7. The third-order valence-electron chi connectivity index (χ3n) is 6.19. The van der Waals surface area contributed by atoms with E-state index in [1.807, 2.05) is 57.2 Å². The highest BCUT2D eigenvalue weighted by molar-refractivity contribution is 9.10. The molecular weight excluding hydrogens is 520 g/mol. The molecule has 1 amide bonds. The van der Waals surface area contributed by atoms with Gasteiger partial charge in [0.1, 0.15) is 34.1 Å². The molecule has 1 aliphatic rings. The summed E-state index contributed by atoms with van der Waals surface area (Å²) in [4.78, 5) is 16.1. The fourth-order valence-corrected chi connectivity index (χ4v) is 4.24. The van der Waals surface area contributed by atoms with Crippen LogP contribution >= 0.6 is 15.9 Å². The molecule has 7 heteroatoms. The highest BCUT2D eigenvalue weighted by Gasteiger charge is 2.34. The minimum atomic E-state index is -0.373. The number of carbonyl (C=O) groups excluding carboxylic acids is 1. The monoisotopic (exact) mass is 552 g/mol. The standard InChI is InChI=1S/C29H33BrN2O4/c1-28(2,3)32-27(33)36-25-16-24(17-25)35-22-12-8-20(9-13-22)29(4,5)19-6-10-21(11-7-19)34-23-14-15-26(30)31-18-23/h6-15,18,24-25H,16-17H2,1-5H3,(H,32,33). The van der Waals surface area contributed by atoms with Gasteiger partial charge in [-0.3, -0.25) is 0 Å². The maximum absolute atomic E-state index is 11.9. The summed E-state index contributed by atoms with van der Waals surface area (Å²) < 4.78 is 18.2. The van der Waals surface area contributed by atoms with Crippen molar-refractivity contribution in [1.29, 1.82) is 0 Å². The second-order valence-corrected chi connectivity index (χ2v) is 11.5. The largest absolute Gasteiger partial charge is 0.490 e. The smallest absolute Gasteiger partial charge is 0.407 e. The van der Waals surface area contributed by atoms with E-state index in [0.717, 1.165) is 16.1 Å². The zero-order valence-electron chi connectivity index (χ0n) is 21.4. The zero-order valence-corrected chi connectivity index (χ0v) is 23.0. The summed E-state index contributed by atoms with van der Waals surface area (Å²) in [6.45, 7) is 10.2. The highest BCUT2D eigenvalue weighted by Crippen LogP contribution is 2.35. The first-order valence-electron chi connectivity index (χ1n) is 12.1. The molecule has 4 rings (SSSR count). The molecule has 0 atom stereocenters. The lowest BCUT2D eigenvalue weighted by Gasteiger charge is -2.35. The van der Waals surface area contributed by atoms with Crippen LogP contribution in [0.4, 0.5) is 4.79 Å². The van der Waals surface area contributed by atoms with Crippen molar-refractivity contribution in [2.45, 2.75) is 70.6 Å². The van der Waals surface area contributed by atoms with Crippen molar-refractivity contribution >= 4 is 22.0 Å². The Morgan fingerprint density at radius 1 is 0.833 bits per heavy atom. The molecule has 1 fully saturated rings. The van der Waals surface area contributed by atoms with E-state index in [2.05, 4.69) is 64.3 Å². The van der Waals surface area contributed by atoms with Gasteiger partial charge in [-0.05, 0) is 84.2 Å². The van der Waals surface area contributed by atoms with Crippen molar-refractivity contribution in [2.75, 3.05) is 0 Å². The van der Waals surface area contributed by atoms with Crippen LogP contribution in [0, 0.1) is 0 Å². The molecule has 0 saturated heterocycles. The van der Waals surface area contributed by atoms with Crippen LogP contribution in [0.2, 0.25) is 0 Å². The number of rotatable bonds is 7. The van der Waals surface area contributed by atoms with E-state index in [-0.39, 0.29) is 29.3 Å². The van der Waals surface area contributed by atoms with Crippen LogP contribution in [0.3, 0.4) is 0 Å². The number of halogens is 1. The summed E-state index contributed by atoms with van der Waals surface area (Å²) in [5, 5.41) is 2.82. The molecule has 2 aromatic carbocycles. The van der Waals surface area contributed by atoms with E-state index in [9.17, 15) is 4.79 Å². The number of alkyl carbamates (subject to hydrolysis) is 1. The predicted molar refractivity (Wildman–Crippen MR) is 144 cm³/mol. The Hall–Kier alpha value is -3.06. The molecule has 1 heterocycles. The Morgan fingerprint density at radius 2 is 1.39 bits per heavy atom. The van der Waals surface area contributed by atoms with Gasteiger partial charge in [0.15, 0.2) is 0 Å². The van der Waals surface area contributed by atoms with Gasteiger partial charge in [0.2, 0.25) is 0 Å². The molecule has 1 saturated carbocycles. The average Bonchev–Trinajstić information content (AvgIpc) is 2.79. The Balaban J connectivity index is 1.30. The van der Waals surface area contributed by atoms with Crippen molar-refractivity contribution in [2.24, 2.45) is 0 Å². The van der Waals surface area contributed by atoms with Gasteiger partial charge in [-0.25, -0.2) is 9.78 Å². The van der Waals surface area contributed by atoms with Crippen LogP contribution in [0.25, 0.3) is 0 Å². The van der Waals surface area contributed by atoms with Crippen LogP contribution in [0.15, 0.2) is 71.5 Å². The normalized spacial score (nSPS) is 17.6. The number of aromatic nitrogens is 1. The molecule has 36 heavy (non-hydrogen) atoms. The summed E-state index contributed by atoms with van der Waals surface area (Å²) in [7, 11) is 0. The Kier molecular flexibility index (Phi) is 7.59. The lowest BCUT2D eigenvalue weighted by atomic mass is 9.78. The molecule has 0 unspecified atom stereocenters. The lowest BCUT2D eigenvalue weighted by molar-refractivity contribution is -0.0243. The predicted octanol–water partition coefficient (Wildman–Crippen LogP) is 7.40.